The van der Waals surface area contributed by atoms with Gasteiger partial charge in [-0.15, -0.1) is 0 Å². The number of rotatable bonds is 8. The third kappa shape index (κ3) is 9.95. The van der Waals surface area contributed by atoms with Crippen molar-refractivity contribution < 1.29 is 4.79 Å². The van der Waals surface area contributed by atoms with Crippen molar-refractivity contribution in [3.05, 3.63) is 113 Å². The number of nitrogens with zero attached hydrogens (tertiary/aromatic N) is 2. The van der Waals surface area contributed by atoms with Gasteiger partial charge in [0, 0.05) is 36.5 Å². The van der Waals surface area contributed by atoms with Gasteiger partial charge in [0.15, 0.2) is 0 Å². The monoisotopic (exact) mass is 579 g/mol. The van der Waals surface area contributed by atoms with Crippen LogP contribution in [0.4, 0.5) is 11.4 Å². The standard InChI is InChI=1S/C37H47N3O.C2H6/c1-27(12-10-13-28(2)24-36(41)39-31-15-8-7-9-16-31)17-19-34-30(4)33(21-22-37(34,5)6)35-20-18-32(25-38-35)40-23-11-14-29(3)26-40;1-2/h7-10,12-13,15-20,24-25,29,33H,11,14,21-23,26H2,1-6H3,(H,39,41);1-2H3/b13-10+,19-17+,27-12+,28-24-;. The lowest BCUT2D eigenvalue weighted by molar-refractivity contribution is -0.111. The van der Waals surface area contributed by atoms with Crippen LogP contribution in [0.3, 0.4) is 0 Å². The van der Waals surface area contributed by atoms with Crippen LogP contribution >= 0.6 is 0 Å². The van der Waals surface area contributed by atoms with E-state index in [-0.39, 0.29) is 11.3 Å². The summed E-state index contributed by atoms with van der Waals surface area (Å²) >= 11 is 0. The van der Waals surface area contributed by atoms with Crippen LogP contribution < -0.4 is 10.2 Å². The SMILES string of the molecule is CC.CC1=C(/C=C/C(C)=C/C=C/C(C)=C\C(=O)Nc2ccccc2)C(C)(C)CCC1c1ccc(N2CCCC(C)C2)cn1. The van der Waals surface area contributed by atoms with Gasteiger partial charge in [-0.3, -0.25) is 9.78 Å². The molecule has 4 nitrogen and oxygen atoms in total. The highest BCUT2D eigenvalue weighted by atomic mass is 16.1. The zero-order valence-corrected chi connectivity index (χ0v) is 27.8. The summed E-state index contributed by atoms with van der Waals surface area (Å²) in [5, 5.41) is 2.89. The second-order valence-corrected chi connectivity index (χ2v) is 12.6. The molecule has 1 aromatic carbocycles. The minimum atomic E-state index is -0.124. The Balaban J connectivity index is 0.00000248. The van der Waals surface area contributed by atoms with Crippen molar-refractivity contribution in [1.82, 2.24) is 4.98 Å². The first-order valence-electron chi connectivity index (χ1n) is 16.1. The number of hydrogen-bond acceptors (Lipinski definition) is 3. The molecule has 1 amide bonds. The predicted octanol–water partition coefficient (Wildman–Crippen LogP) is 10.2. The molecule has 0 saturated carbocycles. The van der Waals surface area contributed by atoms with E-state index in [9.17, 15) is 4.79 Å². The van der Waals surface area contributed by atoms with E-state index in [1.165, 1.54) is 40.9 Å². The Kier molecular flexibility index (Phi) is 12.8. The van der Waals surface area contributed by atoms with Gasteiger partial charge in [-0.05, 0) is 93.2 Å². The second-order valence-electron chi connectivity index (χ2n) is 12.6. The summed E-state index contributed by atoms with van der Waals surface area (Å²) in [7, 11) is 0. The van der Waals surface area contributed by atoms with Gasteiger partial charge < -0.3 is 10.2 Å². The molecule has 0 radical (unpaired) electrons. The van der Waals surface area contributed by atoms with Crippen molar-refractivity contribution in [2.24, 2.45) is 11.3 Å². The van der Waals surface area contributed by atoms with Crippen LogP contribution in [-0.4, -0.2) is 24.0 Å². The highest BCUT2D eigenvalue weighted by Crippen LogP contribution is 2.47. The minimum Gasteiger partial charge on any atom is -0.370 e. The van der Waals surface area contributed by atoms with Gasteiger partial charge in [-0.1, -0.05) is 94.3 Å². The molecule has 2 unspecified atom stereocenters. The quantitative estimate of drug-likeness (QED) is 0.250. The maximum absolute atomic E-state index is 12.3. The van der Waals surface area contributed by atoms with Crippen LogP contribution in [-0.2, 0) is 4.79 Å². The van der Waals surface area contributed by atoms with E-state index in [2.05, 4.69) is 81.4 Å². The molecule has 2 heterocycles. The number of piperidine rings is 1. The lowest BCUT2D eigenvalue weighted by Gasteiger charge is -2.37. The first-order valence-corrected chi connectivity index (χ1v) is 16.1. The van der Waals surface area contributed by atoms with Gasteiger partial charge in [0.2, 0.25) is 5.91 Å². The Morgan fingerprint density at radius 2 is 1.77 bits per heavy atom. The zero-order valence-electron chi connectivity index (χ0n) is 27.8. The maximum atomic E-state index is 12.3. The van der Waals surface area contributed by atoms with E-state index < -0.39 is 0 Å². The summed E-state index contributed by atoms with van der Waals surface area (Å²) in [6, 6.07) is 14.0. The molecule has 1 fully saturated rings. The summed E-state index contributed by atoms with van der Waals surface area (Å²) in [6.07, 6.45) is 19.2. The molecule has 43 heavy (non-hydrogen) atoms. The van der Waals surface area contributed by atoms with Gasteiger partial charge in [0.25, 0.3) is 0 Å². The fraction of sp³-hybridized carbons (Fsp3) is 0.436. The van der Waals surface area contributed by atoms with Crippen LogP contribution in [0.25, 0.3) is 0 Å². The molecule has 2 atom stereocenters. The summed E-state index contributed by atoms with van der Waals surface area (Å²) in [4.78, 5) is 19.7. The number of nitrogens with one attached hydrogen (secondary N) is 1. The number of carbonyl (C=O) groups is 1. The van der Waals surface area contributed by atoms with Crippen molar-refractivity contribution in [3.8, 4) is 0 Å². The molecule has 4 heteroatoms. The van der Waals surface area contributed by atoms with Gasteiger partial charge in [-0.25, -0.2) is 0 Å². The third-order valence-corrected chi connectivity index (χ3v) is 8.52. The third-order valence-electron chi connectivity index (χ3n) is 8.52. The number of para-hydroxylation sites is 1. The van der Waals surface area contributed by atoms with E-state index in [1.54, 1.807) is 6.08 Å². The van der Waals surface area contributed by atoms with E-state index in [4.69, 9.17) is 4.98 Å². The van der Waals surface area contributed by atoms with E-state index in [1.807, 2.05) is 63.3 Å². The Morgan fingerprint density at radius 1 is 1.02 bits per heavy atom. The summed E-state index contributed by atoms with van der Waals surface area (Å²) < 4.78 is 0. The Hall–Kier alpha value is -3.66. The largest absolute Gasteiger partial charge is 0.370 e. The first-order chi connectivity index (χ1) is 20.6. The number of amides is 1. The average Bonchev–Trinajstić information content (AvgIpc) is 2.98. The van der Waals surface area contributed by atoms with Crippen LogP contribution in [0.15, 0.2) is 107 Å². The number of hydrogen-bond donors (Lipinski definition) is 1. The predicted molar refractivity (Wildman–Crippen MR) is 186 cm³/mol. The molecule has 1 aromatic heterocycles. The number of allylic oxidation sites excluding steroid dienone is 9. The van der Waals surface area contributed by atoms with Crippen molar-refractivity contribution in [2.75, 3.05) is 23.3 Å². The highest BCUT2D eigenvalue weighted by molar-refractivity contribution is 5.99. The van der Waals surface area contributed by atoms with Crippen LogP contribution in [0.2, 0.25) is 0 Å². The smallest absolute Gasteiger partial charge is 0.248 e. The molecule has 1 saturated heterocycles. The molecule has 230 valence electrons. The Labute approximate surface area is 261 Å². The van der Waals surface area contributed by atoms with Crippen molar-refractivity contribution in [1.29, 1.82) is 0 Å². The van der Waals surface area contributed by atoms with Gasteiger partial charge in [-0.2, -0.15) is 0 Å². The maximum Gasteiger partial charge on any atom is 0.248 e. The zero-order chi connectivity index (χ0) is 31.4. The normalized spacial score (nSPS) is 21.2. The lowest BCUT2D eigenvalue weighted by Crippen LogP contribution is -2.34. The number of benzene rings is 1. The van der Waals surface area contributed by atoms with E-state index in [0.29, 0.717) is 5.92 Å². The van der Waals surface area contributed by atoms with Gasteiger partial charge in [0.05, 0.1) is 11.9 Å². The van der Waals surface area contributed by atoms with Crippen molar-refractivity contribution >= 4 is 17.3 Å². The average molecular weight is 580 g/mol. The first kappa shape index (κ1) is 33.8. The minimum absolute atomic E-state index is 0.124. The molecule has 2 aliphatic rings. The molecule has 1 N–H and O–H groups in total. The van der Waals surface area contributed by atoms with E-state index in [0.717, 1.165) is 43.1 Å². The van der Waals surface area contributed by atoms with Crippen LogP contribution in [0.1, 0.15) is 92.7 Å². The molecular weight excluding hydrogens is 526 g/mol. The second kappa shape index (κ2) is 16.3. The topological polar surface area (TPSA) is 45.2 Å². The summed E-state index contributed by atoms with van der Waals surface area (Å²) in [6.45, 7) is 19.7. The summed E-state index contributed by atoms with van der Waals surface area (Å²) in [5.74, 6) is 0.986. The van der Waals surface area contributed by atoms with Crippen molar-refractivity contribution in [2.45, 2.75) is 87.0 Å². The molecule has 1 aliphatic carbocycles. The summed E-state index contributed by atoms with van der Waals surface area (Å²) in [5.41, 5.74) is 8.27. The van der Waals surface area contributed by atoms with Crippen molar-refractivity contribution in [3.63, 3.8) is 0 Å². The molecule has 2 aromatic rings. The highest BCUT2D eigenvalue weighted by Gasteiger charge is 2.33. The Morgan fingerprint density at radius 3 is 2.44 bits per heavy atom. The Bertz CT molecular complexity index is 1340. The fourth-order valence-electron chi connectivity index (χ4n) is 6.10. The molecule has 0 spiro atoms. The number of pyridine rings is 1. The molecule has 4 rings (SSSR count). The fourth-order valence-corrected chi connectivity index (χ4v) is 6.10. The molecular formula is C39H53N3O. The number of aromatic nitrogens is 1. The molecule has 1 aliphatic heterocycles. The van der Waals surface area contributed by atoms with Crippen LogP contribution in [0.5, 0.6) is 0 Å². The van der Waals surface area contributed by atoms with Gasteiger partial charge in [0.1, 0.15) is 0 Å². The lowest BCUT2D eigenvalue weighted by atomic mass is 9.68. The number of anilines is 2. The van der Waals surface area contributed by atoms with Gasteiger partial charge >= 0.3 is 0 Å². The number of carbonyl (C=O) groups excluding carboxylic acids is 1. The molecule has 0 bridgehead atoms. The van der Waals surface area contributed by atoms with Crippen LogP contribution in [0, 0.1) is 11.3 Å². The van der Waals surface area contributed by atoms with E-state index >= 15 is 0 Å².